The van der Waals surface area contributed by atoms with Gasteiger partial charge in [-0.1, -0.05) is 35.3 Å². The van der Waals surface area contributed by atoms with Crippen LogP contribution >= 0.6 is 15.9 Å². The number of anilines is 1. The number of carbonyl (C=O) groups is 1. The van der Waals surface area contributed by atoms with Crippen molar-refractivity contribution in [2.45, 2.75) is 39.5 Å². The molecule has 1 aromatic carbocycles. The highest BCUT2D eigenvalue weighted by molar-refractivity contribution is 9.10. The second-order valence-corrected chi connectivity index (χ2v) is 6.55. The van der Waals surface area contributed by atoms with Crippen molar-refractivity contribution in [2.24, 2.45) is 5.41 Å². The lowest BCUT2D eigenvalue weighted by Gasteiger charge is -2.36. The van der Waals surface area contributed by atoms with Gasteiger partial charge < -0.3 is 10.6 Å². The van der Waals surface area contributed by atoms with Crippen molar-refractivity contribution in [1.29, 1.82) is 0 Å². The molecule has 0 spiro atoms. The van der Waals surface area contributed by atoms with Crippen molar-refractivity contribution in [3.05, 3.63) is 28.2 Å². The third-order valence-corrected chi connectivity index (χ3v) is 5.05. The topological polar surface area (TPSA) is 41.1 Å². The zero-order valence-electron chi connectivity index (χ0n) is 12.3. The molecule has 0 atom stereocenters. The highest BCUT2D eigenvalue weighted by atomic mass is 79.9. The zero-order chi connectivity index (χ0) is 14.6. The van der Waals surface area contributed by atoms with E-state index in [1.54, 1.807) is 0 Å². The quantitative estimate of drug-likeness (QED) is 0.874. The fourth-order valence-electron chi connectivity index (χ4n) is 2.91. The fraction of sp³-hybridized carbons (Fsp3) is 0.562. The smallest absolute Gasteiger partial charge is 0.230 e. The normalized spacial score (nSPS) is 17.8. The molecule has 1 aliphatic heterocycles. The summed E-state index contributed by atoms with van der Waals surface area (Å²) in [6.45, 7) is 6.07. The van der Waals surface area contributed by atoms with Crippen LogP contribution in [0.15, 0.2) is 22.7 Å². The average molecular weight is 339 g/mol. The Balaban J connectivity index is 2.13. The van der Waals surface area contributed by atoms with Crippen molar-refractivity contribution in [3.8, 4) is 0 Å². The van der Waals surface area contributed by atoms with Crippen LogP contribution in [-0.4, -0.2) is 19.0 Å². The number of hydrogen-bond donors (Lipinski definition) is 2. The van der Waals surface area contributed by atoms with Crippen molar-refractivity contribution in [3.63, 3.8) is 0 Å². The molecule has 20 heavy (non-hydrogen) atoms. The number of amides is 1. The van der Waals surface area contributed by atoms with E-state index in [2.05, 4.69) is 33.5 Å². The molecule has 3 nitrogen and oxygen atoms in total. The lowest BCUT2D eigenvalue weighted by atomic mass is 9.74. The maximum atomic E-state index is 12.7. The van der Waals surface area contributed by atoms with Gasteiger partial charge in [0.1, 0.15) is 0 Å². The summed E-state index contributed by atoms with van der Waals surface area (Å²) >= 11 is 3.51. The summed E-state index contributed by atoms with van der Waals surface area (Å²) < 4.78 is 1.03. The molecule has 110 valence electrons. The van der Waals surface area contributed by atoms with Gasteiger partial charge >= 0.3 is 0 Å². The first-order valence-electron chi connectivity index (χ1n) is 7.36. The number of hydrogen-bond acceptors (Lipinski definition) is 2. The van der Waals surface area contributed by atoms with E-state index in [0.29, 0.717) is 0 Å². The summed E-state index contributed by atoms with van der Waals surface area (Å²) in [5, 5.41) is 6.45. The lowest BCUT2D eigenvalue weighted by Crippen LogP contribution is -2.44. The Kier molecular flexibility index (Phi) is 5.22. The van der Waals surface area contributed by atoms with Crippen molar-refractivity contribution < 1.29 is 4.79 Å². The molecule has 0 aliphatic carbocycles. The molecule has 4 heteroatoms. The van der Waals surface area contributed by atoms with E-state index >= 15 is 0 Å². The van der Waals surface area contributed by atoms with Crippen LogP contribution in [0.3, 0.4) is 0 Å². The summed E-state index contributed by atoms with van der Waals surface area (Å²) in [6, 6.07) is 5.97. The standard InChI is InChI=1S/C16H23BrN2O/c1-3-6-16(7-9-18-10-8-16)15(20)19-13-5-4-12(2)14(17)11-13/h4-5,11,18H,3,6-10H2,1-2H3,(H,19,20). The maximum Gasteiger partial charge on any atom is 0.230 e. The minimum absolute atomic E-state index is 0.177. The van der Waals surface area contributed by atoms with Gasteiger partial charge in [-0.15, -0.1) is 0 Å². The number of benzene rings is 1. The largest absolute Gasteiger partial charge is 0.326 e. The Morgan fingerprint density at radius 1 is 1.40 bits per heavy atom. The van der Waals surface area contributed by atoms with E-state index < -0.39 is 0 Å². The van der Waals surface area contributed by atoms with Crippen LogP contribution in [0.2, 0.25) is 0 Å². The summed E-state index contributed by atoms with van der Waals surface area (Å²) in [4.78, 5) is 12.7. The average Bonchev–Trinajstić information content (AvgIpc) is 2.44. The van der Waals surface area contributed by atoms with Gasteiger partial charge in [0.15, 0.2) is 0 Å². The van der Waals surface area contributed by atoms with E-state index in [-0.39, 0.29) is 11.3 Å². The molecule has 0 unspecified atom stereocenters. The zero-order valence-corrected chi connectivity index (χ0v) is 13.8. The molecular weight excluding hydrogens is 316 g/mol. The number of halogens is 1. The summed E-state index contributed by atoms with van der Waals surface area (Å²) in [5.74, 6) is 0.177. The maximum absolute atomic E-state index is 12.7. The molecule has 0 bridgehead atoms. The van der Waals surface area contributed by atoms with Gasteiger partial charge in [-0.05, 0) is 57.0 Å². The van der Waals surface area contributed by atoms with Gasteiger partial charge in [0.2, 0.25) is 5.91 Å². The minimum Gasteiger partial charge on any atom is -0.326 e. The van der Waals surface area contributed by atoms with Crippen molar-refractivity contribution in [1.82, 2.24) is 5.32 Å². The Morgan fingerprint density at radius 3 is 2.70 bits per heavy atom. The molecular formula is C16H23BrN2O. The third-order valence-electron chi connectivity index (χ3n) is 4.20. The van der Waals surface area contributed by atoms with Gasteiger partial charge in [0.05, 0.1) is 5.41 Å². The van der Waals surface area contributed by atoms with Gasteiger partial charge in [-0.25, -0.2) is 0 Å². The predicted molar refractivity (Wildman–Crippen MR) is 87.0 cm³/mol. The molecule has 1 amide bonds. The summed E-state index contributed by atoms with van der Waals surface area (Å²) in [6.07, 6.45) is 3.87. The fourth-order valence-corrected chi connectivity index (χ4v) is 3.29. The van der Waals surface area contributed by atoms with Crippen molar-refractivity contribution >= 4 is 27.5 Å². The number of piperidine rings is 1. The first-order chi connectivity index (χ1) is 9.57. The van der Waals surface area contributed by atoms with Crippen LogP contribution in [0.5, 0.6) is 0 Å². The monoisotopic (exact) mass is 338 g/mol. The molecule has 0 radical (unpaired) electrons. The Labute approximate surface area is 129 Å². The summed E-state index contributed by atoms with van der Waals surface area (Å²) in [5.41, 5.74) is 1.85. The molecule has 1 fully saturated rings. The first kappa shape index (κ1) is 15.5. The van der Waals surface area contributed by atoms with Crippen molar-refractivity contribution in [2.75, 3.05) is 18.4 Å². The van der Waals surface area contributed by atoms with E-state index in [1.165, 1.54) is 5.56 Å². The lowest BCUT2D eigenvalue weighted by molar-refractivity contribution is -0.127. The van der Waals surface area contributed by atoms with E-state index in [1.807, 2.05) is 25.1 Å². The van der Waals surface area contributed by atoms with Gasteiger partial charge in [-0.3, -0.25) is 4.79 Å². The SMILES string of the molecule is CCCC1(C(=O)Nc2ccc(C)c(Br)c2)CCNCC1. The summed E-state index contributed by atoms with van der Waals surface area (Å²) in [7, 11) is 0. The number of carbonyl (C=O) groups excluding carboxylic acids is 1. The van der Waals surface area contributed by atoms with Crippen LogP contribution in [0, 0.1) is 12.3 Å². The van der Waals surface area contributed by atoms with Crippen LogP contribution in [0.4, 0.5) is 5.69 Å². The van der Waals surface area contributed by atoms with E-state index in [4.69, 9.17) is 0 Å². The third kappa shape index (κ3) is 3.41. The molecule has 1 aromatic rings. The van der Waals surface area contributed by atoms with Gasteiger partial charge in [-0.2, -0.15) is 0 Å². The van der Waals surface area contributed by atoms with Crippen LogP contribution in [0.1, 0.15) is 38.2 Å². The number of rotatable bonds is 4. The Hall–Kier alpha value is -0.870. The second kappa shape index (κ2) is 6.72. The molecule has 1 heterocycles. The highest BCUT2D eigenvalue weighted by Crippen LogP contribution is 2.35. The van der Waals surface area contributed by atoms with Gasteiger partial charge in [0.25, 0.3) is 0 Å². The first-order valence-corrected chi connectivity index (χ1v) is 8.15. The molecule has 1 saturated heterocycles. The molecule has 2 rings (SSSR count). The highest BCUT2D eigenvalue weighted by Gasteiger charge is 2.38. The molecule has 0 saturated carbocycles. The number of nitrogens with one attached hydrogen (secondary N) is 2. The Bertz CT molecular complexity index is 476. The molecule has 2 N–H and O–H groups in total. The molecule has 0 aromatic heterocycles. The molecule has 1 aliphatic rings. The Morgan fingerprint density at radius 2 is 2.10 bits per heavy atom. The van der Waals surface area contributed by atoms with Crippen LogP contribution in [0.25, 0.3) is 0 Å². The number of aryl methyl sites for hydroxylation is 1. The predicted octanol–water partition coefficient (Wildman–Crippen LogP) is 3.87. The second-order valence-electron chi connectivity index (χ2n) is 5.70. The minimum atomic E-state index is -0.197. The van der Waals surface area contributed by atoms with Crippen LogP contribution in [-0.2, 0) is 4.79 Å². The van der Waals surface area contributed by atoms with Gasteiger partial charge in [0, 0.05) is 10.2 Å². The van der Waals surface area contributed by atoms with E-state index in [9.17, 15) is 4.79 Å². The van der Waals surface area contributed by atoms with E-state index in [0.717, 1.165) is 48.9 Å². The van der Waals surface area contributed by atoms with Crippen LogP contribution < -0.4 is 10.6 Å².